The molecule has 0 aliphatic heterocycles. The summed E-state index contributed by atoms with van der Waals surface area (Å²) in [5, 5.41) is 10.8. The van der Waals surface area contributed by atoms with Gasteiger partial charge in [-0.3, -0.25) is 9.79 Å². The lowest BCUT2D eigenvalue weighted by molar-refractivity contribution is -0.268. The lowest BCUT2D eigenvalue weighted by Gasteiger charge is -2.02. The summed E-state index contributed by atoms with van der Waals surface area (Å²) < 4.78 is 0. The molecule has 0 unspecified atom stereocenters. The second-order valence-corrected chi connectivity index (χ2v) is 2.74. The van der Waals surface area contributed by atoms with Gasteiger partial charge >= 0.3 is 0 Å². The Balaban J connectivity index is 2.58. The topological polar surface area (TPSA) is 52.5 Å². The average molecular weight is 200 g/mol. The summed E-state index contributed by atoms with van der Waals surface area (Å²) in [6.07, 6.45) is 5.59. The van der Waals surface area contributed by atoms with Crippen molar-refractivity contribution in [1.82, 2.24) is 0 Å². The number of benzene rings is 1. The molecule has 0 spiro atoms. The van der Waals surface area contributed by atoms with Crippen LogP contribution in [0.3, 0.4) is 0 Å². The van der Waals surface area contributed by atoms with Gasteiger partial charge in [-0.05, 0) is 30.4 Å². The second kappa shape index (κ2) is 5.54. The van der Waals surface area contributed by atoms with Crippen molar-refractivity contribution in [1.29, 1.82) is 0 Å². The van der Waals surface area contributed by atoms with Crippen LogP contribution >= 0.6 is 0 Å². The summed E-state index contributed by atoms with van der Waals surface area (Å²) in [5.74, 6) is -0.220. The van der Waals surface area contributed by atoms with Crippen molar-refractivity contribution in [3.63, 3.8) is 0 Å². The molecule has 1 aromatic rings. The first kappa shape index (κ1) is 10.9. The van der Waals surface area contributed by atoms with Gasteiger partial charge in [-0.1, -0.05) is 18.7 Å². The molecule has 0 N–H and O–H groups in total. The van der Waals surface area contributed by atoms with E-state index in [0.717, 1.165) is 0 Å². The van der Waals surface area contributed by atoms with Gasteiger partial charge in [0.25, 0.3) is 0 Å². The van der Waals surface area contributed by atoms with Crippen LogP contribution in [0, 0.1) is 0 Å². The molecular weight excluding hydrogens is 190 g/mol. The summed E-state index contributed by atoms with van der Waals surface area (Å²) in [6.45, 7) is 3.33. The molecule has 0 aliphatic carbocycles. The van der Waals surface area contributed by atoms with Gasteiger partial charge in [0.15, 0.2) is 5.78 Å². The number of rotatable bonds is 4. The van der Waals surface area contributed by atoms with Crippen molar-refractivity contribution >= 4 is 17.7 Å². The summed E-state index contributed by atoms with van der Waals surface area (Å²) in [6, 6.07) is 6.10. The van der Waals surface area contributed by atoms with E-state index in [1.807, 2.05) is 0 Å². The first-order valence-electron chi connectivity index (χ1n) is 4.36. The molecular formula is C12H10NO2-. The quantitative estimate of drug-likeness (QED) is 0.549. The Morgan fingerprint density at radius 1 is 1.33 bits per heavy atom. The zero-order chi connectivity index (χ0) is 11.1. The highest BCUT2D eigenvalue weighted by Crippen LogP contribution is 2.13. The van der Waals surface area contributed by atoms with E-state index < -0.39 is 0 Å². The maximum atomic E-state index is 10.8. The van der Waals surface area contributed by atoms with E-state index in [9.17, 15) is 9.90 Å². The molecule has 0 bridgehead atoms. The first-order valence-corrected chi connectivity index (χ1v) is 4.36. The molecule has 15 heavy (non-hydrogen) atoms. The van der Waals surface area contributed by atoms with Crippen molar-refractivity contribution in [2.45, 2.75) is 0 Å². The molecule has 0 amide bonds. The van der Waals surface area contributed by atoms with E-state index in [1.54, 1.807) is 12.1 Å². The number of allylic oxidation sites excluding steroid dienone is 3. The molecule has 1 rings (SSSR count). The Hall–Kier alpha value is -2.16. The Morgan fingerprint density at radius 2 is 2.00 bits per heavy atom. The maximum absolute atomic E-state index is 10.8. The summed E-state index contributed by atoms with van der Waals surface area (Å²) in [5.41, 5.74) is 0.672. The van der Waals surface area contributed by atoms with Crippen LogP contribution in [0.25, 0.3) is 0 Å². The zero-order valence-corrected chi connectivity index (χ0v) is 8.09. The van der Waals surface area contributed by atoms with Crippen LogP contribution in [0.5, 0.6) is 5.75 Å². The summed E-state index contributed by atoms with van der Waals surface area (Å²) in [7, 11) is 0. The number of ketones is 1. The van der Waals surface area contributed by atoms with Crippen LogP contribution in [0.1, 0.15) is 0 Å². The summed E-state index contributed by atoms with van der Waals surface area (Å²) in [4.78, 5) is 14.8. The van der Waals surface area contributed by atoms with Gasteiger partial charge < -0.3 is 5.11 Å². The summed E-state index contributed by atoms with van der Waals surface area (Å²) >= 11 is 0. The highest BCUT2D eigenvalue weighted by molar-refractivity contribution is 6.01. The molecule has 0 radical (unpaired) electrons. The van der Waals surface area contributed by atoms with Gasteiger partial charge in [0.1, 0.15) is 0 Å². The van der Waals surface area contributed by atoms with Crippen molar-refractivity contribution < 1.29 is 9.90 Å². The lowest BCUT2D eigenvalue weighted by atomic mass is 10.3. The van der Waals surface area contributed by atoms with E-state index >= 15 is 0 Å². The largest absolute Gasteiger partial charge is 0.872 e. The number of hydrogen-bond acceptors (Lipinski definition) is 3. The van der Waals surface area contributed by atoms with Crippen LogP contribution in [-0.4, -0.2) is 12.0 Å². The van der Waals surface area contributed by atoms with E-state index in [0.29, 0.717) is 5.69 Å². The number of nitrogens with zero attached hydrogens (tertiary/aromatic N) is 1. The number of carbonyl (C=O) groups excluding carboxylic acids is 1. The minimum atomic E-state index is -0.170. The number of aliphatic imine (C=N–C) groups is 1. The predicted molar refractivity (Wildman–Crippen MR) is 58.4 cm³/mol. The third-order valence-corrected chi connectivity index (χ3v) is 1.61. The molecule has 0 atom stereocenters. The van der Waals surface area contributed by atoms with E-state index in [-0.39, 0.29) is 11.5 Å². The zero-order valence-electron chi connectivity index (χ0n) is 8.09. The molecule has 0 fully saturated rings. The van der Waals surface area contributed by atoms with Gasteiger partial charge in [0, 0.05) is 6.21 Å². The molecule has 76 valence electrons. The number of hydrogen-bond donors (Lipinski definition) is 0. The first-order chi connectivity index (χ1) is 7.22. The molecule has 0 saturated carbocycles. The van der Waals surface area contributed by atoms with Crippen molar-refractivity contribution in [3.8, 4) is 5.75 Å². The Morgan fingerprint density at radius 3 is 2.60 bits per heavy atom. The molecule has 3 heteroatoms. The Labute approximate surface area is 88.1 Å². The van der Waals surface area contributed by atoms with Gasteiger partial charge in [-0.25, -0.2) is 0 Å². The minimum absolute atomic E-state index is 0.0497. The fourth-order valence-electron chi connectivity index (χ4n) is 0.867. The minimum Gasteiger partial charge on any atom is -0.872 e. The molecule has 0 heterocycles. The number of carbonyl (C=O) groups is 1. The standard InChI is InChI=1S/C12H11NO2/c1-2-11(14)4-3-9-13-10-5-7-12(15)8-6-10/h2-9,15H,1H2/p-1/b4-3+,13-9?. The molecule has 0 aromatic heterocycles. The average Bonchev–Trinajstić information content (AvgIpc) is 2.26. The fourth-order valence-corrected chi connectivity index (χ4v) is 0.867. The van der Waals surface area contributed by atoms with Crippen LogP contribution in [0.15, 0.2) is 54.1 Å². The van der Waals surface area contributed by atoms with E-state index in [2.05, 4.69) is 11.6 Å². The Kier molecular flexibility index (Phi) is 4.04. The van der Waals surface area contributed by atoms with Crippen molar-refractivity contribution in [3.05, 3.63) is 49.1 Å². The van der Waals surface area contributed by atoms with E-state index in [4.69, 9.17) is 0 Å². The molecule has 3 nitrogen and oxygen atoms in total. The van der Waals surface area contributed by atoms with Crippen molar-refractivity contribution in [2.24, 2.45) is 4.99 Å². The normalized spacial score (nSPS) is 10.9. The van der Waals surface area contributed by atoms with Gasteiger partial charge in [-0.2, -0.15) is 0 Å². The third-order valence-electron chi connectivity index (χ3n) is 1.61. The SMILES string of the molecule is C=CC(=O)/C=C/C=Nc1ccc([O-])cc1. The van der Waals surface area contributed by atoms with E-state index in [1.165, 1.54) is 36.6 Å². The molecule has 1 aromatic carbocycles. The van der Waals surface area contributed by atoms with Gasteiger partial charge in [0.2, 0.25) is 0 Å². The van der Waals surface area contributed by atoms with Gasteiger partial charge in [0.05, 0.1) is 5.69 Å². The van der Waals surface area contributed by atoms with Gasteiger partial charge in [-0.15, -0.1) is 5.75 Å². The lowest BCUT2D eigenvalue weighted by Crippen LogP contribution is -1.86. The smallest absolute Gasteiger partial charge is 0.178 e. The molecule has 0 saturated heterocycles. The maximum Gasteiger partial charge on any atom is 0.178 e. The van der Waals surface area contributed by atoms with Crippen LogP contribution in [0.2, 0.25) is 0 Å². The van der Waals surface area contributed by atoms with Crippen LogP contribution in [0.4, 0.5) is 5.69 Å². The van der Waals surface area contributed by atoms with Crippen molar-refractivity contribution in [2.75, 3.05) is 0 Å². The predicted octanol–water partition coefficient (Wildman–Crippen LogP) is 1.77. The monoisotopic (exact) mass is 200 g/mol. The Bertz CT molecular complexity index is 402. The molecule has 0 aliphatic rings. The highest BCUT2D eigenvalue weighted by atomic mass is 16.3. The highest BCUT2D eigenvalue weighted by Gasteiger charge is 1.84. The van der Waals surface area contributed by atoms with Crippen LogP contribution < -0.4 is 5.11 Å². The third kappa shape index (κ3) is 4.04. The fraction of sp³-hybridized carbons (Fsp3) is 0. The van der Waals surface area contributed by atoms with Crippen LogP contribution in [-0.2, 0) is 4.79 Å². The second-order valence-electron chi connectivity index (χ2n) is 2.74.